The van der Waals surface area contributed by atoms with E-state index in [0.29, 0.717) is 10.6 Å². The van der Waals surface area contributed by atoms with Gasteiger partial charge in [-0.2, -0.15) is 0 Å². The first-order valence-corrected chi connectivity index (χ1v) is 8.27. The van der Waals surface area contributed by atoms with Crippen molar-refractivity contribution < 1.29 is 17.6 Å². The van der Waals surface area contributed by atoms with Crippen LogP contribution in [0, 0.1) is 5.82 Å². The van der Waals surface area contributed by atoms with Gasteiger partial charge < -0.3 is 11.5 Å². The van der Waals surface area contributed by atoms with E-state index in [1.54, 1.807) is 6.07 Å². The largest absolute Gasteiger partial charge is 0.399 e. The number of carbonyl (C=O) groups excluding carboxylic acids is 1. The van der Waals surface area contributed by atoms with E-state index in [2.05, 4.69) is 0 Å². The fourth-order valence-electron chi connectivity index (χ4n) is 1.31. The van der Waals surface area contributed by atoms with E-state index in [0.717, 1.165) is 0 Å². The number of sulfone groups is 1. The maximum Gasteiger partial charge on any atom is 0.218 e. The van der Waals surface area contributed by atoms with Crippen molar-refractivity contribution in [3.8, 4) is 0 Å². The quantitative estimate of drug-likeness (QED) is 0.572. The molecule has 8 heteroatoms. The van der Waals surface area contributed by atoms with Crippen LogP contribution in [0.5, 0.6) is 0 Å². The van der Waals surface area contributed by atoms with Crippen LogP contribution in [0.4, 0.5) is 10.1 Å². The highest BCUT2D eigenvalue weighted by atomic mass is 32.2. The number of primary amides is 1. The Labute approximate surface area is 115 Å². The number of carbonyl (C=O) groups is 1. The standard InChI is InChI=1S/C11H15FN2O3S2/c12-8-5-9(13)7-10(6-8)18-2-4-19(16,17)3-1-11(14)15/h5-7H,1-4,13H2,(H2,14,15). The number of nitrogens with two attached hydrogens (primary N) is 2. The molecule has 0 heterocycles. The Balaban J connectivity index is 2.47. The lowest BCUT2D eigenvalue weighted by Gasteiger charge is -2.04. The van der Waals surface area contributed by atoms with Gasteiger partial charge in [0.15, 0.2) is 9.84 Å². The zero-order chi connectivity index (χ0) is 14.5. The summed E-state index contributed by atoms with van der Waals surface area (Å²) in [4.78, 5) is 11.1. The number of benzene rings is 1. The van der Waals surface area contributed by atoms with Crippen molar-refractivity contribution in [2.24, 2.45) is 5.73 Å². The number of hydrogen-bond donors (Lipinski definition) is 2. The number of anilines is 1. The number of thioether (sulfide) groups is 1. The van der Waals surface area contributed by atoms with Gasteiger partial charge in [-0.15, -0.1) is 11.8 Å². The van der Waals surface area contributed by atoms with Crippen molar-refractivity contribution >= 4 is 33.2 Å². The maximum atomic E-state index is 13.0. The second kappa shape index (κ2) is 6.76. The van der Waals surface area contributed by atoms with Crippen LogP contribution in [0.25, 0.3) is 0 Å². The number of rotatable bonds is 7. The van der Waals surface area contributed by atoms with Crippen molar-refractivity contribution in [3.05, 3.63) is 24.0 Å². The lowest BCUT2D eigenvalue weighted by atomic mass is 10.3. The fourth-order valence-corrected chi connectivity index (χ4v) is 4.03. The SMILES string of the molecule is NC(=O)CCS(=O)(=O)CCSc1cc(N)cc(F)c1. The van der Waals surface area contributed by atoms with Crippen LogP contribution in [0.2, 0.25) is 0 Å². The maximum absolute atomic E-state index is 13.0. The summed E-state index contributed by atoms with van der Waals surface area (Å²) in [6.07, 6.45) is -0.181. The normalized spacial score (nSPS) is 11.4. The van der Waals surface area contributed by atoms with Gasteiger partial charge in [0.1, 0.15) is 5.82 Å². The van der Waals surface area contributed by atoms with Gasteiger partial charge in [0, 0.05) is 22.8 Å². The van der Waals surface area contributed by atoms with E-state index >= 15 is 0 Å². The second-order valence-electron chi connectivity index (χ2n) is 3.94. The minimum absolute atomic E-state index is 0.0959. The van der Waals surface area contributed by atoms with Gasteiger partial charge in [-0.1, -0.05) is 0 Å². The van der Waals surface area contributed by atoms with E-state index in [9.17, 15) is 17.6 Å². The molecule has 1 aromatic rings. The first-order chi connectivity index (χ1) is 8.78. The molecular weight excluding hydrogens is 291 g/mol. The summed E-state index contributed by atoms with van der Waals surface area (Å²) in [5, 5.41) is 0. The molecule has 5 nitrogen and oxygen atoms in total. The monoisotopic (exact) mass is 306 g/mol. The molecule has 1 rings (SSSR count). The number of amides is 1. The molecule has 4 N–H and O–H groups in total. The summed E-state index contributed by atoms with van der Waals surface area (Å²) in [5.41, 5.74) is 10.7. The van der Waals surface area contributed by atoms with Crippen LogP contribution >= 0.6 is 11.8 Å². The van der Waals surface area contributed by atoms with E-state index < -0.39 is 21.6 Å². The lowest BCUT2D eigenvalue weighted by Crippen LogP contribution is -2.19. The van der Waals surface area contributed by atoms with Crippen molar-refractivity contribution in [3.63, 3.8) is 0 Å². The summed E-state index contributed by atoms with van der Waals surface area (Å²) in [6, 6.07) is 4.05. The van der Waals surface area contributed by atoms with Gasteiger partial charge in [-0.25, -0.2) is 12.8 Å². The second-order valence-corrected chi connectivity index (χ2v) is 7.41. The lowest BCUT2D eigenvalue weighted by molar-refractivity contribution is -0.117. The molecule has 106 valence electrons. The molecule has 1 aromatic carbocycles. The highest BCUT2D eigenvalue weighted by Crippen LogP contribution is 2.22. The first kappa shape index (κ1) is 15.8. The molecule has 0 aliphatic heterocycles. The van der Waals surface area contributed by atoms with Crippen LogP contribution in [0.15, 0.2) is 23.1 Å². The third kappa shape index (κ3) is 6.44. The number of nitrogen functional groups attached to an aromatic ring is 1. The topological polar surface area (TPSA) is 103 Å². The Morgan fingerprint density at radius 1 is 1.26 bits per heavy atom. The van der Waals surface area contributed by atoms with Crippen LogP contribution < -0.4 is 11.5 Å². The fraction of sp³-hybridized carbons (Fsp3) is 0.364. The van der Waals surface area contributed by atoms with Crippen LogP contribution in [-0.4, -0.2) is 31.6 Å². The van der Waals surface area contributed by atoms with Crippen LogP contribution in [-0.2, 0) is 14.6 Å². The number of halogens is 1. The molecule has 0 unspecified atom stereocenters. The molecule has 0 bridgehead atoms. The average molecular weight is 306 g/mol. The predicted octanol–water partition coefficient (Wildman–Crippen LogP) is 0.790. The van der Waals surface area contributed by atoms with E-state index in [-0.39, 0.29) is 23.7 Å². The Kier molecular flexibility index (Phi) is 5.61. The van der Waals surface area contributed by atoms with Crippen LogP contribution in [0.1, 0.15) is 6.42 Å². The average Bonchev–Trinajstić information content (AvgIpc) is 2.25. The van der Waals surface area contributed by atoms with Gasteiger partial charge in [0.2, 0.25) is 5.91 Å². The highest BCUT2D eigenvalue weighted by Gasteiger charge is 2.12. The summed E-state index contributed by atoms with van der Waals surface area (Å²) in [5.74, 6) is -1.19. The third-order valence-corrected chi connectivity index (χ3v) is 5.10. The Bertz CT molecular complexity index is 541. The third-order valence-electron chi connectivity index (χ3n) is 2.22. The summed E-state index contributed by atoms with van der Waals surface area (Å²) < 4.78 is 36.1. The van der Waals surface area contributed by atoms with E-state index in [1.807, 2.05) is 0 Å². The molecule has 0 saturated heterocycles. The molecule has 0 aromatic heterocycles. The summed E-state index contributed by atoms with van der Waals surface area (Å²) in [6.45, 7) is 0. The van der Waals surface area contributed by atoms with Crippen molar-refractivity contribution in [2.45, 2.75) is 11.3 Å². The smallest absolute Gasteiger partial charge is 0.218 e. The zero-order valence-electron chi connectivity index (χ0n) is 10.1. The van der Waals surface area contributed by atoms with Crippen molar-refractivity contribution in [1.29, 1.82) is 0 Å². The van der Waals surface area contributed by atoms with E-state index in [4.69, 9.17) is 11.5 Å². The molecule has 19 heavy (non-hydrogen) atoms. The molecule has 0 spiro atoms. The van der Waals surface area contributed by atoms with Crippen molar-refractivity contribution in [2.75, 3.05) is 23.0 Å². The van der Waals surface area contributed by atoms with Gasteiger partial charge in [0.25, 0.3) is 0 Å². The highest BCUT2D eigenvalue weighted by molar-refractivity contribution is 8.00. The Hall–Kier alpha value is -1.28. The molecular formula is C11H15FN2O3S2. The van der Waals surface area contributed by atoms with Gasteiger partial charge in [-0.05, 0) is 18.2 Å². The zero-order valence-corrected chi connectivity index (χ0v) is 11.8. The number of hydrogen-bond acceptors (Lipinski definition) is 5. The predicted molar refractivity (Wildman–Crippen MR) is 74.0 cm³/mol. The molecule has 0 aliphatic rings. The van der Waals surface area contributed by atoms with Gasteiger partial charge >= 0.3 is 0 Å². The first-order valence-electron chi connectivity index (χ1n) is 5.46. The van der Waals surface area contributed by atoms with E-state index in [1.165, 1.54) is 23.9 Å². The molecule has 0 saturated carbocycles. The molecule has 0 fully saturated rings. The minimum Gasteiger partial charge on any atom is -0.399 e. The summed E-state index contributed by atoms with van der Waals surface area (Å²) in [7, 11) is -3.31. The Morgan fingerprint density at radius 2 is 1.95 bits per heavy atom. The van der Waals surface area contributed by atoms with Crippen LogP contribution in [0.3, 0.4) is 0 Å². The Morgan fingerprint density at radius 3 is 2.53 bits per heavy atom. The molecule has 0 atom stereocenters. The molecule has 0 aliphatic carbocycles. The minimum atomic E-state index is -3.31. The van der Waals surface area contributed by atoms with Gasteiger partial charge in [0.05, 0.1) is 11.5 Å². The van der Waals surface area contributed by atoms with Crippen molar-refractivity contribution in [1.82, 2.24) is 0 Å². The molecule has 0 radical (unpaired) electrons. The molecule has 1 amide bonds. The van der Waals surface area contributed by atoms with Gasteiger partial charge in [-0.3, -0.25) is 4.79 Å². The summed E-state index contributed by atoms with van der Waals surface area (Å²) >= 11 is 1.19.